The molecule has 9 heterocycles. The van der Waals surface area contributed by atoms with Crippen LogP contribution in [-0.2, 0) is 4.74 Å². The van der Waals surface area contributed by atoms with E-state index < -0.39 is 0 Å². The number of rotatable bonds is 0. The van der Waals surface area contributed by atoms with E-state index in [-0.39, 0.29) is 0 Å². The number of aromatic nitrogens is 9. The minimum atomic E-state index is 0.778. The first kappa shape index (κ1) is 135. The summed E-state index contributed by atoms with van der Waals surface area (Å²) in [5, 5.41) is 12.3. The molecular weight excluding hydrogens is 1440 g/mol. The summed E-state index contributed by atoms with van der Waals surface area (Å²) in [4.78, 5) is 33.6. The molecule has 0 N–H and O–H groups in total. The fourth-order valence-electron chi connectivity index (χ4n) is 5.54. The van der Waals surface area contributed by atoms with E-state index in [1.807, 2.05) is 35.7 Å². The molecule has 0 unspecified atom stereocenters. The second-order valence-electron chi connectivity index (χ2n) is 35.0. The molecule has 3 aliphatic heterocycles. The SMILES string of the molecule is C1=CCN=C1.C1=NC=NC1.C1CCCCC1.C1CCCCC1.C1CCCCC1.C1CCOC1.CC(C)C.CC(C)C.CC(C)C.CC(C)C.CC(C)C.CC(C)C.CC(C)C.CC(C)C.CC(C)C.CC(C)C.CC(C)C.CC(C)C.c1ccncc1.c1cnccn1.c1cncnc1.c1cnoc1.c1cscn1.c1nncs1. The summed E-state index contributed by atoms with van der Waals surface area (Å²) >= 11 is 3.09. The van der Waals surface area contributed by atoms with Gasteiger partial charge in [-0.3, -0.25) is 29.9 Å². The third kappa shape index (κ3) is 324. The number of thiazole rings is 1. The van der Waals surface area contributed by atoms with Gasteiger partial charge in [-0.1, -0.05) is 382 Å². The van der Waals surface area contributed by atoms with Crippen molar-refractivity contribution in [2.75, 3.05) is 26.3 Å². The van der Waals surface area contributed by atoms with Crippen LogP contribution >= 0.6 is 22.7 Å². The molecule has 16 heteroatoms. The zero-order valence-corrected chi connectivity index (χ0v) is 83.5. The van der Waals surface area contributed by atoms with Crippen LogP contribution in [0.25, 0.3) is 0 Å². The lowest BCUT2D eigenvalue weighted by Crippen LogP contribution is -1.85. The predicted molar refractivity (Wildman–Crippen MR) is 520 cm³/mol. The predicted octanol–water partition coefficient (Wildman–Crippen LogP) is 32.9. The molecular formula is C98H194N12O2S2. The van der Waals surface area contributed by atoms with Crippen LogP contribution in [-0.4, -0.2) is 90.3 Å². The van der Waals surface area contributed by atoms with Gasteiger partial charge in [0, 0.05) is 86.8 Å². The van der Waals surface area contributed by atoms with Crippen molar-refractivity contribution in [1.29, 1.82) is 0 Å². The van der Waals surface area contributed by atoms with E-state index in [1.54, 1.807) is 121 Å². The molecule has 12 rings (SSSR count). The molecule has 0 amide bonds. The summed E-state index contributed by atoms with van der Waals surface area (Å²) in [6.07, 6.45) is 58.4. The van der Waals surface area contributed by atoms with Crippen LogP contribution < -0.4 is 0 Å². The Morgan fingerprint density at radius 3 is 0.667 bits per heavy atom. The lowest BCUT2D eigenvalue weighted by Gasteiger charge is -2.05. The smallest absolute Gasteiger partial charge is 0.123 e. The third-order valence-corrected chi connectivity index (χ3v) is 9.76. The van der Waals surface area contributed by atoms with Crippen molar-refractivity contribution in [2.45, 2.75) is 378 Å². The minimum Gasteiger partial charge on any atom is -0.381 e. The summed E-state index contributed by atoms with van der Waals surface area (Å²) in [6.45, 7) is 81.7. The topological polar surface area (TPSA) is 175 Å². The Morgan fingerprint density at radius 2 is 0.579 bits per heavy atom. The van der Waals surface area contributed by atoms with Crippen molar-refractivity contribution in [3.05, 3.63) is 139 Å². The molecule has 6 aromatic rings. The molecule has 6 aliphatic rings. The minimum absolute atomic E-state index is 0.778. The molecule has 670 valence electrons. The molecule has 0 aromatic carbocycles. The quantitative estimate of drug-likeness (QED) is 0.141. The molecule has 0 radical (unpaired) electrons. The van der Waals surface area contributed by atoms with Gasteiger partial charge >= 0.3 is 0 Å². The van der Waals surface area contributed by atoms with E-state index >= 15 is 0 Å². The normalized spacial score (nSPS) is 12.5. The molecule has 14 nitrogen and oxygen atoms in total. The van der Waals surface area contributed by atoms with E-state index in [9.17, 15) is 0 Å². The van der Waals surface area contributed by atoms with Crippen molar-refractivity contribution in [3.63, 3.8) is 0 Å². The first-order valence-corrected chi connectivity index (χ1v) is 46.0. The fourth-order valence-corrected chi connectivity index (χ4v) is 6.16. The number of pyridine rings is 1. The second kappa shape index (κ2) is 131. The van der Waals surface area contributed by atoms with Crippen molar-refractivity contribution in [1.82, 2.24) is 45.3 Å². The Kier molecular flexibility index (Phi) is 154. The van der Waals surface area contributed by atoms with Crippen LogP contribution in [0.4, 0.5) is 0 Å². The molecule has 3 aliphatic carbocycles. The van der Waals surface area contributed by atoms with Gasteiger partial charge in [0.15, 0.2) is 0 Å². The molecule has 0 bridgehead atoms. The molecule has 0 spiro atoms. The summed E-state index contributed by atoms with van der Waals surface area (Å²) in [5.41, 5.74) is 5.15. The third-order valence-electron chi connectivity index (χ3n) is 8.81. The van der Waals surface area contributed by atoms with Crippen molar-refractivity contribution in [2.24, 2.45) is 86.0 Å². The maximum Gasteiger partial charge on any atom is 0.123 e. The van der Waals surface area contributed by atoms with Crippen LogP contribution in [0.3, 0.4) is 0 Å². The first-order valence-electron chi connectivity index (χ1n) is 44.1. The Morgan fingerprint density at radius 1 is 0.272 bits per heavy atom. The van der Waals surface area contributed by atoms with Crippen molar-refractivity contribution < 1.29 is 9.26 Å². The number of ether oxygens (including phenoxy) is 1. The highest BCUT2D eigenvalue weighted by Crippen LogP contribution is 2.17. The monoisotopic (exact) mass is 1640 g/mol. The van der Waals surface area contributed by atoms with Gasteiger partial charge in [0.25, 0.3) is 0 Å². The molecule has 3 saturated carbocycles. The zero-order chi connectivity index (χ0) is 89.6. The van der Waals surface area contributed by atoms with Crippen LogP contribution in [0.5, 0.6) is 0 Å². The first-order chi connectivity index (χ1) is 53.8. The number of allylic oxidation sites excluding steroid dienone is 1. The highest BCUT2D eigenvalue weighted by molar-refractivity contribution is 7.07. The van der Waals surface area contributed by atoms with E-state index in [1.165, 1.54) is 152 Å². The average Bonchev–Trinajstić information content (AvgIpc) is 2.31. The van der Waals surface area contributed by atoms with E-state index in [0.29, 0.717) is 0 Å². The summed E-state index contributed by atoms with van der Waals surface area (Å²) < 4.78 is 9.28. The molecule has 6 aromatic heterocycles. The molecule has 0 atom stereocenters. The van der Waals surface area contributed by atoms with Crippen molar-refractivity contribution >= 4 is 41.4 Å². The van der Waals surface area contributed by atoms with Crippen molar-refractivity contribution in [3.8, 4) is 0 Å². The summed E-state index contributed by atoms with van der Waals surface area (Å²) in [6, 6.07) is 9.22. The molecule has 1 saturated heterocycles. The Bertz CT molecular complexity index is 1810. The Hall–Kier alpha value is -5.58. The Balaban J connectivity index is -0.0000000955. The van der Waals surface area contributed by atoms with E-state index in [4.69, 9.17) is 4.74 Å². The molecule has 114 heavy (non-hydrogen) atoms. The van der Waals surface area contributed by atoms with Gasteiger partial charge in [0.1, 0.15) is 30.0 Å². The van der Waals surface area contributed by atoms with Gasteiger partial charge in [-0.2, -0.15) is 0 Å². The van der Waals surface area contributed by atoms with Crippen LogP contribution in [0.15, 0.2) is 158 Å². The van der Waals surface area contributed by atoms with Gasteiger partial charge in [0.05, 0.1) is 24.8 Å². The number of hydrogen-bond acceptors (Lipinski definition) is 16. The fraction of sp³-hybridized carbons (Fsp3) is 0.735. The lowest BCUT2D eigenvalue weighted by molar-refractivity contribution is 0.198. The zero-order valence-electron chi connectivity index (χ0n) is 81.9. The second-order valence-corrected chi connectivity index (χ2v) is 36.4. The van der Waals surface area contributed by atoms with E-state index in [0.717, 1.165) is 97.3 Å². The van der Waals surface area contributed by atoms with Gasteiger partial charge in [-0.25, -0.2) is 15.0 Å². The number of hydrogen-bond donors (Lipinski definition) is 0. The van der Waals surface area contributed by atoms with Gasteiger partial charge in [-0.05, 0) is 114 Å². The number of aliphatic imine (C=N–C) groups is 3. The highest BCUT2D eigenvalue weighted by atomic mass is 32.1. The maximum absolute atomic E-state index is 4.94. The average molecular weight is 1640 g/mol. The summed E-state index contributed by atoms with van der Waals surface area (Å²) in [7, 11) is 0. The van der Waals surface area contributed by atoms with Gasteiger partial charge in [-0.15, -0.1) is 32.9 Å². The van der Waals surface area contributed by atoms with Gasteiger partial charge in [0.2, 0.25) is 0 Å². The standard InChI is InChI=1S/3C6H12.C5H5N.2C4H4N2.C4H5N.C4H8O.12C4H10.C3H4N2.C3H3NO.C3H3NS.C2H2N2S/c4*1-2-4-6-5-3-1;1-2-6-4-3-5-1;1-2-5-4-6-3-1;2*1-2-4-5-3-1;12*1-4(2)3;1-2-5-3-4-1;1-2-4-5-3-1;1-2-5-3-4-1;1-3-4-2-5-1/h3*1-6H2;1-5H;2*1-4H;1-3H,4H2;1-4H2;12*4H,1-3H3;1,3H,2H2;2*1-3H;1-2H. The van der Waals surface area contributed by atoms with E-state index in [2.05, 4.69) is 314 Å². The Labute approximate surface area is 720 Å². The van der Waals surface area contributed by atoms with Crippen LogP contribution in [0.2, 0.25) is 0 Å². The highest BCUT2D eigenvalue weighted by Gasteiger charge is 1.97. The summed E-state index contributed by atoms with van der Waals surface area (Å²) in [5.74, 6) is 10.0. The molecule has 4 fully saturated rings. The van der Waals surface area contributed by atoms with Gasteiger partial charge < -0.3 is 9.26 Å². The largest absolute Gasteiger partial charge is 0.381 e. The number of nitrogens with zero attached hydrogens (tertiary/aromatic N) is 12. The van der Waals surface area contributed by atoms with Crippen LogP contribution in [0, 0.1) is 71.0 Å². The van der Waals surface area contributed by atoms with Crippen LogP contribution in [0.1, 0.15) is 378 Å². The maximum atomic E-state index is 4.94. The lowest BCUT2D eigenvalue weighted by atomic mass is 10.0.